The fraction of sp³-hybridized carbons (Fsp3) is 0.632. The Bertz CT molecular complexity index is 804. The Balaban J connectivity index is 2.13. The summed E-state index contributed by atoms with van der Waals surface area (Å²) in [5.74, 6) is 1.54. The number of rotatable bonds is 5. The fourth-order valence-electron chi connectivity index (χ4n) is 3.91. The van der Waals surface area contributed by atoms with Crippen LogP contribution in [0.2, 0.25) is 5.02 Å². The van der Waals surface area contributed by atoms with Gasteiger partial charge in [0, 0.05) is 19.3 Å². The molecule has 3 rings (SSSR count). The highest BCUT2D eigenvalue weighted by Crippen LogP contribution is 2.29. The number of likely N-dealkylation sites (tertiary alicyclic amines) is 1. The van der Waals surface area contributed by atoms with Crippen molar-refractivity contribution in [3.05, 3.63) is 33.5 Å². The van der Waals surface area contributed by atoms with E-state index < -0.39 is 0 Å². The predicted molar refractivity (Wildman–Crippen MR) is 102 cm³/mol. The fourth-order valence-corrected chi connectivity index (χ4v) is 4.07. The summed E-state index contributed by atoms with van der Waals surface area (Å²) in [6.45, 7) is 9.23. The van der Waals surface area contributed by atoms with Gasteiger partial charge in [0.15, 0.2) is 5.65 Å². The molecule has 1 saturated heterocycles. The molecule has 5 nitrogen and oxygen atoms in total. The van der Waals surface area contributed by atoms with E-state index in [1.54, 1.807) is 16.8 Å². The molecule has 0 unspecified atom stereocenters. The summed E-state index contributed by atoms with van der Waals surface area (Å²) < 4.78 is 1.81. The quantitative estimate of drug-likeness (QED) is 0.805. The molecule has 0 saturated carbocycles. The zero-order valence-corrected chi connectivity index (χ0v) is 16.1. The molecule has 2 atom stereocenters. The summed E-state index contributed by atoms with van der Waals surface area (Å²) in [6.07, 6.45) is 6.11. The van der Waals surface area contributed by atoms with E-state index in [-0.39, 0.29) is 11.6 Å². The van der Waals surface area contributed by atoms with Crippen LogP contribution in [0.15, 0.2) is 17.1 Å². The number of fused-ring (bicyclic) bond motifs is 1. The SMILES string of the molecule is CCC[C@H](c1nc2ncc(Cl)cc2c(=O)n1CC)N1CCC[C@@H](C)C1. The summed E-state index contributed by atoms with van der Waals surface area (Å²) in [5, 5.41) is 0.970. The third kappa shape index (κ3) is 3.72. The minimum atomic E-state index is -0.0383. The van der Waals surface area contributed by atoms with Crippen molar-refractivity contribution in [2.75, 3.05) is 13.1 Å². The molecular weight excluding hydrogens is 336 g/mol. The minimum absolute atomic E-state index is 0.0383. The molecule has 2 aromatic rings. The lowest BCUT2D eigenvalue weighted by molar-refractivity contribution is 0.114. The van der Waals surface area contributed by atoms with Crippen molar-refractivity contribution in [1.82, 2.24) is 19.4 Å². The molecule has 3 heterocycles. The van der Waals surface area contributed by atoms with Crippen LogP contribution >= 0.6 is 11.6 Å². The lowest BCUT2D eigenvalue weighted by atomic mass is 9.97. The van der Waals surface area contributed by atoms with Gasteiger partial charge in [0.25, 0.3) is 5.56 Å². The lowest BCUT2D eigenvalue weighted by Crippen LogP contribution is -2.40. The average molecular weight is 363 g/mol. The molecule has 25 heavy (non-hydrogen) atoms. The molecule has 0 N–H and O–H groups in total. The van der Waals surface area contributed by atoms with Gasteiger partial charge in [-0.1, -0.05) is 31.9 Å². The van der Waals surface area contributed by atoms with Crippen molar-refractivity contribution in [3.8, 4) is 0 Å². The van der Waals surface area contributed by atoms with Gasteiger partial charge >= 0.3 is 0 Å². The first-order valence-corrected chi connectivity index (χ1v) is 9.73. The van der Waals surface area contributed by atoms with E-state index in [0.717, 1.165) is 31.8 Å². The normalized spacial score (nSPS) is 20.1. The number of hydrogen-bond acceptors (Lipinski definition) is 4. The number of pyridine rings is 1. The minimum Gasteiger partial charge on any atom is -0.295 e. The van der Waals surface area contributed by atoms with Gasteiger partial charge in [-0.2, -0.15) is 0 Å². The molecular formula is C19H27ClN4O. The third-order valence-electron chi connectivity index (χ3n) is 5.11. The zero-order valence-electron chi connectivity index (χ0n) is 15.3. The maximum absolute atomic E-state index is 13.0. The Labute approximate surface area is 154 Å². The zero-order chi connectivity index (χ0) is 18.0. The molecule has 0 bridgehead atoms. The summed E-state index contributed by atoms with van der Waals surface area (Å²) in [5.41, 5.74) is 0.462. The first kappa shape index (κ1) is 18.3. The van der Waals surface area contributed by atoms with Crippen LogP contribution < -0.4 is 5.56 Å². The van der Waals surface area contributed by atoms with E-state index in [9.17, 15) is 4.79 Å². The van der Waals surface area contributed by atoms with Crippen molar-refractivity contribution < 1.29 is 0 Å². The smallest absolute Gasteiger partial charge is 0.263 e. The first-order chi connectivity index (χ1) is 12.0. The van der Waals surface area contributed by atoms with Gasteiger partial charge < -0.3 is 0 Å². The average Bonchev–Trinajstić information content (AvgIpc) is 2.60. The monoisotopic (exact) mass is 362 g/mol. The Morgan fingerprint density at radius 3 is 2.88 bits per heavy atom. The van der Waals surface area contributed by atoms with Crippen molar-refractivity contribution in [2.24, 2.45) is 5.92 Å². The van der Waals surface area contributed by atoms with Gasteiger partial charge in [0.05, 0.1) is 16.5 Å². The molecule has 1 fully saturated rings. The second-order valence-corrected chi connectivity index (χ2v) is 7.53. The number of hydrogen-bond donors (Lipinski definition) is 0. The molecule has 2 aromatic heterocycles. The summed E-state index contributed by atoms with van der Waals surface area (Å²) in [7, 11) is 0. The van der Waals surface area contributed by atoms with Crippen LogP contribution in [-0.2, 0) is 6.54 Å². The van der Waals surface area contributed by atoms with Crippen LogP contribution in [0.25, 0.3) is 11.0 Å². The van der Waals surface area contributed by atoms with E-state index in [1.165, 1.54) is 12.8 Å². The third-order valence-corrected chi connectivity index (χ3v) is 5.32. The summed E-state index contributed by atoms with van der Waals surface area (Å²) in [6, 6.07) is 1.84. The number of nitrogens with zero attached hydrogens (tertiary/aromatic N) is 4. The van der Waals surface area contributed by atoms with Crippen LogP contribution in [0, 0.1) is 5.92 Å². The second-order valence-electron chi connectivity index (χ2n) is 7.09. The first-order valence-electron chi connectivity index (χ1n) is 9.35. The van der Waals surface area contributed by atoms with Gasteiger partial charge in [0.2, 0.25) is 0 Å². The molecule has 0 radical (unpaired) electrons. The Morgan fingerprint density at radius 1 is 1.40 bits per heavy atom. The van der Waals surface area contributed by atoms with E-state index in [0.29, 0.717) is 28.5 Å². The molecule has 6 heteroatoms. The van der Waals surface area contributed by atoms with E-state index in [4.69, 9.17) is 16.6 Å². The maximum atomic E-state index is 13.0. The second kappa shape index (κ2) is 7.83. The van der Waals surface area contributed by atoms with Gasteiger partial charge in [-0.3, -0.25) is 14.3 Å². The van der Waals surface area contributed by atoms with E-state index in [2.05, 4.69) is 23.7 Å². The molecule has 1 aliphatic heterocycles. The molecule has 0 amide bonds. The highest BCUT2D eigenvalue weighted by molar-refractivity contribution is 6.31. The van der Waals surface area contributed by atoms with Crippen LogP contribution in [-0.4, -0.2) is 32.5 Å². The van der Waals surface area contributed by atoms with Crippen molar-refractivity contribution in [3.63, 3.8) is 0 Å². The van der Waals surface area contributed by atoms with Gasteiger partial charge in [-0.15, -0.1) is 0 Å². The van der Waals surface area contributed by atoms with Gasteiger partial charge in [-0.25, -0.2) is 9.97 Å². The lowest BCUT2D eigenvalue weighted by Gasteiger charge is -2.37. The van der Waals surface area contributed by atoms with E-state index >= 15 is 0 Å². The molecule has 136 valence electrons. The summed E-state index contributed by atoms with van der Waals surface area (Å²) >= 11 is 6.03. The molecule has 0 aliphatic carbocycles. The van der Waals surface area contributed by atoms with Crippen LogP contribution in [0.4, 0.5) is 0 Å². The van der Waals surface area contributed by atoms with Crippen molar-refractivity contribution in [2.45, 2.75) is 59.0 Å². The number of halogens is 1. The molecule has 0 spiro atoms. The topological polar surface area (TPSA) is 51.0 Å². The molecule has 0 aromatic carbocycles. The van der Waals surface area contributed by atoms with Crippen molar-refractivity contribution >= 4 is 22.6 Å². The maximum Gasteiger partial charge on any atom is 0.263 e. The molecule has 1 aliphatic rings. The number of piperidine rings is 1. The van der Waals surface area contributed by atoms with E-state index in [1.807, 2.05) is 6.92 Å². The van der Waals surface area contributed by atoms with Gasteiger partial charge in [-0.05, 0) is 44.7 Å². The Kier molecular flexibility index (Phi) is 5.74. The standard InChI is InChI=1S/C19H27ClN4O/c1-4-7-16(23-9-6-8-13(3)12-23)18-22-17-15(10-14(20)11-21-17)19(25)24(18)5-2/h10-11,13,16H,4-9,12H2,1-3H3/t13-,16-/m1/s1. The number of aromatic nitrogens is 3. The van der Waals surface area contributed by atoms with Crippen LogP contribution in [0.1, 0.15) is 58.3 Å². The largest absolute Gasteiger partial charge is 0.295 e. The Hall–Kier alpha value is -1.46. The van der Waals surface area contributed by atoms with Crippen molar-refractivity contribution in [1.29, 1.82) is 0 Å². The Morgan fingerprint density at radius 2 is 2.20 bits per heavy atom. The van der Waals surface area contributed by atoms with Crippen LogP contribution in [0.5, 0.6) is 0 Å². The highest BCUT2D eigenvalue weighted by Gasteiger charge is 2.28. The predicted octanol–water partition coefficient (Wildman–Crippen LogP) is 4.04. The highest BCUT2D eigenvalue weighted by atomic mass is 35.5. The van der Waals surface area contributed by atoms with Gasteiger partial charge in [0.1, 0.15) is 5.82 Å². The van der Waals surface area contributed by atoms with Crippen LogP contribution in [0.3, 0.4) is 0 Å². The summed E-state index contributed by atoms with van der Waals surface area (Å²) in [4.78, 5) is 24.6.